The maximum Gasteiger partial charge on any atom is 0.222 e. The van der Waals surface area contributed by atoms with Gasteiger partial charge in [-0.15, -0.1) is 0 Å². The first-order valence-corrected chi connectivity index (χ1v) is 8.09. The van der Waals surface area contributed by atoms with Gasteiger partial charge in [0, 0.05) is 25.0 Å². The number of nitrogens with one attached hydrogen (secondary N) is 2. The summed E-state index contributed by atoms with van der Waals surface area (Å²) in [6.07, 6.45) is 7.35. The standard InChI is InChI=1S/C20H19N5O/c1-14(26)24-19-10-9-16(13-23-19)8-7-15-4-2-5-17(12-15)25-20-18(21)6-3-11-22-20/h2-13H,21H2,1H3,(H,22,25)(H,23,24,26). The van der Waals surface area contributed by atoms with E-state index in [2.05, 4.69) is 20.6 Å². The summed E-state index contributed by atoms with van der Waals surface area (Å²) in [5.41, 5.74) is 9.37. The van der Waals surface area contributed by atoms with E-state index in [9.17, 15) is 4.79 Å². The number of hydrogen-bond donors (Lipinski definition) is 3. The second kappa shape index (κ2) is 7.94. The first-order valence-electron chi connectivity index (χ1n) is 8.09. The molecule has 2 heterocycles. The predicted molar refractivity (Wildman–Crippen MR) is 106 cm³/mol. The fourth-order valence-electron chi connectivity index (χ4n) is 2.33. The van der Waals surface area contributed by atoms with Crippen LogP contribution in [0.5, 0.6) is 0 Å². The number of carbonyl (C=O) groups is 1. The van der Waals surface area contributed by atoms with Crippen molar-refractivity contribution in [1.29, 1.82) is 0 Å². The van der Waals surface area contributed by atoms with E-state index in [1.54, 1.807) is 30.6 Å². The van der Waals surface area contributed by atoms with Crippen LogP contribution in [-0.2, 0) is 4.79 Å². The molecule has 0 saturated heterocycles. The number of aromatic nitrogens is 2. The summed E-state index contributed by atoms with van der Waals surface area (Å²) in [6.45, 7) is 1.45. The third kappa shape index (κ3) is 4.67. The van der Waals surface area contributed by atoms with Crippen LogP contribution in [0, 0.1) is 0 Å². The lowest BCUT2D eigenvalue weighted by Gasteiger charge is -2.08. The number of pyridine rings is 2. The second-order valence-electron chi connectivity index (χ2n) is 5.68. The van der Waals surface area contributed by atoms with Crippen LogP contribution < -0.4 is 16.4 Å². The number of nitrogens with zero attached hydrogens (tertiary/aromatic N) is 2. The van der Waals surface area contributed by atoms with Gasteiger partial charge in [-0.3, -0.25) is 4.79 Å². The maximum atomic E-state index is 11.0. The minimum atomic E-state index is -0.140. The highest BCUT2D eigenvalue weighted by Crippen LogP contribution is 2.21. The van der Waals surface area contributed by atoms with Gasteiger partial charge in [-0.1, -0.05) is 24.3 Å². The molecule has 1 amide bonds. The molecule has 0 unspecified atom stereocenters. The van der Waals surface area contributed by atoms with E-state index in [1.165, 1.54) is 6.92 Å². The molecule has 0 aliphatic rings. The van der Waals surface area contributed by atoms with Crippen LogP contribution in [0.2, 0.25) is 0 Å². The fraction of sp³-hybridized carbons (Fsp3) is 0.0500. The quantitative estimate of drug-likeness (QED) is 0.651. The van der Waals surface area contributed by atoms with Crippen LogP contribution in [0.15, 0.2) is 60.9 Å². The van der Waals surface area contributed by atoms with Crippen molar-refractivity contribution in [3.63, 3.8) is 0 Å². The van der Waals surface area contributed by atoms with Gasteiger partial charge in [0.2, 0.25) is 5.91 Å². The number of benzene rings is 1. The van der Waals surface area contributed by atoms with Crippen LogP contribution in [0.3, 0.4) is 0 Å². The van der Waals surface area contributed by atoms with Crippen molar-refractivity contribution in [2.24, 2.45) is 0 Å². The first-order chi connectivity index (χ1) is 12.6. The SMILES string of the molecule is CC(=O)Nc1ccc(C=Cc2cccc(Nc3ncccc3N)c2)cn1. The van der Waals surface area contributed by atoms with Crippen LogP contribution in [0.4, 0.5) is 23.0 Å². The average molecular weight is 345 g/mol. The molecule has 0 radical (unpaired) electrons. The Labute approximate surface area is 151 Å². The Morgan fingerprint density at radius 3 is 2.62 bits per heavy atom. The minimum absolute atomic E-state index is 0.140. The van der Waals surface area contributed by atoms with Crippen LogP contribution in [0.1, 0.15) is 18.1 Å². The van der Waals surface area contributed by atoms with E-state index in [0.717, 1.165) is 16.8 Å². The number of nitrogens with two attached hydrogens (primary N) is 1. The highest BCUT2D eigenvalue weighted by Gasteiger charge is 2.00. The molecule has 26 heavy (non-hydrogen) atoms. The van der Waals surface area contributed by atoms with Gasteiger partial charge in [-0.2, -0.15) is 0 Å². The zero-order valence-electron chi connectivity index (χ0n) is 14.3. The van der Waals surface area contributed by atoms with Gasteiger partial charge in [0.25, 0.3) is 0 Å². The molecule has 0 aliphatic carbocycles. The predicted octanol–water partition coefficient (Wildman–Crippen LogP) is 3.93. The molecule has 4 N–H and O–H groups in total. The molecule has 0 spiro atoms. The Kier molecular flexibility index (Phi) is 5.24. The zero-order chi connectivity index (χ0) is 18.4. The summed E-state index contributed by atoms with van der Waals surface area (Å²) in [4.78, 5) is 19.4. The average Bonchev–Trinajstić information content (AvgIpc) is 2.63. The molecule has 130 valence electrons. The second-order valence-corrected chi connectivity index (χ2v) is 5.68. The third-order valence-electron chi connectivity index (χ3n) is 3.55. The largest absolute Gasteiger partial charge is 0.396 e. The van der Waals surface area contributed by atoms with Crippen molar-refractivity contribution in [3.05, 3.63) is 72.1 Å². The Hall–Kier alpha value is -3.67. The van der Waals surface area contributed by atoms with Gasteiger partial charge in [0.15, 0.2) is 5.82 Å². The third-order valence-corrected chi connectivity index (χ3v) is 3.55. The number of hydrogen-bond acceptors (Lipinski definition) is 5. The molecule has 0 saturated carbocycles. The normalized spacial score (nSPS) is 10.7. The highest BCUT2D eigenvalue weighted by atomic mass is 16.1. The highest BCUT2D eigenvalue weighted by molar-refractivity contribution is 5.87. The van der Waals surface area contributed by atoms with E-state index >= 15 is 0 Å². The number of amides is 1. The summed E-state index contributed by atoms with van der Waals surface area (Å²) in [7, 11) is 0. The van der Waals surface area contributed by atoms with Crippen molar-refractivity contribution in [2.45, 2.75) is 6.92 Å². The summed E-state index contributed by atoms with van der Waals surface area (Å²) in [6, 6.07) is 15.2. The molecule has 3 rings (SSSR count). The van der Waals surface area contributed by atoms with Crippen molar-refractivity contribution >= 4 is 41.1 Å². The Bertz CT molecular complexity index is 935. The van der Waals surface area contributed by atoms with Gasteiger partial charge in [-0.25, -0.2) is 9.97 Å². The fourth-order valence-corrected chi connectivity index (χ4v) is 2.33. The van der Waals surface area contributed by atoms with E-state index < -0.39 is 0 Å². The molecule has 1 aromatic carbocycles. The Balaban J connectivity index is 1.71. The van der Waals surface area contributed by atoms with Gasteiger partial charge in [-0.05, 0) is 47.5 Å². The number of nitrogen functional groups attached to an aromatic ring is 1. The van der Waals surface area contributed by atoms with Crippen molar-refractivity contribution in [1.82, 2.24) is 9.97 Å². The van der Waals surface area contributed by atoms with Gasteiger partial charge >= 0.3 is 0 Å². The first kappa shape index (κ1) is 17.2. The smallest absolute Gasteiger partial charge is 0.222 e. The number of rotatable bonds is 5. The van der Waals surface area contributed by atoms with E-state index in [4.69, 9.17) is 5.73 Å². The Morgan fingerprint density at radius 1 is 1.04 bits per heavy atom. The molecule has 6 heteroatoms. The van der Waals surface area contributed by atoms with E-state index in [1.807, 2.05) is 42.5 Å². The molecular formula is C20H19N5O. The minimum Gasteiger partial charge on any atom is -0.396 e. The summed E-state index contributed by atoms with van der Waals surface area (Å²) >= 11 is 0. The monoisotopic (exact) mass is 345 g/mol. The summed E-state index contributed by atoms with van der Waals surface area (Å²) in [5.74, 6) is 1.03. The van der Waals surface area contributed by atoms with E-state index in [0.29, 0.717) is 17.3 Å². The molecule has 0 bridgehead atoms. The maximum absolute atomic E-state index is 11.0. The van der Waals surface area contributed by atoms with Crippen LogP contribution in [-0.4, -0.2) is 15.9 Å². The topological polar surface area (TPSA) is 92.9 Å². The summed E-state index contributed by atoms with van der Waals surface area (Å²) < 4.78 is 0. The van der Waals surface area contributed by atoms with Crippen molar-refractivity contribution < 1.29 is 4.79 Å². The van der Waals surface area contributed by atoms with Crippen molar-refractivity contribution in [3.8, 4) is 0 Å². The van der Waals surface area contributed by atoms with E-state index in [-0.39, 0.29) is 5.91 Å². The Morgan fingerprint density at radius 2 is 1.88 bits per heavy atom. The van der Waals surface area contributed by atoms with Crippen LogP contribution in [0.25, 0.3) is 12.2 Å². The molecule has 0 atom stereocenters. The summed E-state index contributed by atoms with van der Waals surface area (Å²) in [5, 5.41) is 5.86. The molecule has 2 aromatic heterocycles. The lowest BCUT2D eigenvalue weighted by Crippen LogP contribution is -2.06. The molecule has 0 aliphatic heterocycles. The molecule has 6 nitrogen and oxygen atoms in total. The molecule has 3 aromatic rings. The number of anilines is 4. The van der Waals surface area contributed by atoms with Crippen molar-refractivity contribution in [2.75, 3.05) is 16.4 Å². The van der Waals surface area contributed by atoms with Gasteiger partial charge < -0.3 is 16.4 Å². The van der Waals surface area contributed by atoms with Gasteiger partial charge in [0.05, 0.1) is 5.69 Å². The van der Waals surface area contributed by atoms with Crippen LogP contribution >= 0.6 is 0 Å². The van der Waals surface area contributed by atoms with Gasteiger partial charge in [0.1, 0.15) is 5.82 Å². The molecule has 0 fully saturated rings. The lowest BCUT2D eigenvalue weighted by atomic mass is 10.1. The molecular weight excluding hydrogens is 326 g/mol. The lowest BCUT2D eigenvalue weighted by molar-refractivity contribution is -0.114. The zero-order valence-corrected chi connectivity index (χ0v) is 14.3. The number of carbonyl (C=O) groups excluding carboxylic acids is 1.